The SMILES string of the molecule is Cc1cnc2c(c1)nc(N)n2C1CCCS(=O)(=O)C1. The molecule has 6 nitrogen and oxygen atoms in total. The largest absolute Gasteiger partial charge is 0.369 e. The second-order valence-corrected chi connectivity index (χ2v) is 7.33. The van der Waals surface area contributed by atoms with E-state index in [0.29, 0.717) is 18.0 Å². The third kappa shape index (κ3) is 2.18. The fourth-order valence-electron chi connectivity index (χ4n) is 2.66. The van der Waals surface area contributed by atoms with Crippen LogP contribution in [0.25, 0.3) is 11.2 Å². The molecule has 1 fully saturated rings. The Morgan fingerprint density at radius 3 is 3.00 bits per heavy atom. The topological polar surface area (TPSA) is 90.9 Å². The van der Waals surface area contributed by atoms with Crippen LogP contribution in [0.4, 0.5) is 5.95 Å². The Hall–Kier alpha value is -1.63. The maximum Gasteiger partial charge on any atom is 0.202 e. The van der Waals surface area contributed by atoms with Crippen LogP contribution in [-0.2, 0) is 9.84 Å². The molecule has 1 saturated heterocycles. The lowest BCUT2D eigenvalue weighted by Crippen LogP contribution is -2.28. The Bertz CT molecular complexity index is 736. The molecule has 3 heterocycles. The van der Waals surface area contributed by atoms with Crippen molar-refractivity contribution in [3.8, 4) is 0 Å². The highest BCUT2D eigenvalue weighted by Crippen LogP contribution is 2.29. The lowest BCUT2D eigenvalue weighted by atomic mass is 10.2. The number of rotatable bonds is 1. The zero-order chi connectivity index (χ0) is 13.6. The molecule has 0 saturated carbocycles. The van der Waals surface area contributed by atoms with Crippen LogP contribution in [0, 0.1) is 6.92 Å². The number of imidazole rings is 1. The molecular formula is C12H16N4O2S. The second-order valence-electron chi connectivity index (χ2n) is 5.11. The molecule has 0 aliphatic carbocycles. The molecular weight excluding hydrogens is 264 g/mol. The highest BCUT2D eigenvalue weighted by atomic mass is 32.2. The molecule has 2 aromatic heterocycles. The van der Waals surface area contributed by atoms with E-state index < -0.39 is 9.84 Å². The first-order valence-corrected chi connectivity index (χ1v) is 8.09. The van der Waals surface area contributed by atoms with Gasteiger partial charge in [-0.25, -0.2) is 18.4 Å². The number of nitrogen functional groups attached to an aromatic ring is 1. The van der Waals surface area contributed by atoms with Crippen molar-refractivity contribution in [2.45, 2.75) is 25.8 Å². The fourth-order valence-corrected chi connectivity index (χ4v) is 4.34. The summed E-state index contributed by atoms with van der Waals surface area (Å²) in [5, 5.41) is 0. The van der Waals surface area contributed by atoms with Crippen LogP contribution in [-0.4, -0.2) is 34.5 Å². The fraction of sp³-hybridized carbons (Fsp3) is 0.500. The number of nitrogens with zero attached hydrogens (tertiary/aromatic N) is 3. The van der Waals surface area contributed by atoms with Crippen molar-refractivity contribution in [2.75, 3.05) is 17.2 Å². The first-order chi connectivity index (χ1) is 8.96. The van der Waals surface area contributed by atoms with Gasteiger partial charge in [0.25, 0.3) is 0 Å². The summed E-state index contributed by atoms with van der Waals surface area (Å²) in [6, 6.07) is 1.76. The molecule has 1 aliphatic heterocycles. The smallest absolute Gasteiger partial charge is 0.202 e. The summed E-state index contributed by atoms with van der Waals surface area (Å²) < 4.78 is 25.3. The summed E-state index contributed by atoms with van der Waals surface area (Å²) in [6.45, 7) is 1.94. The highest BCUT2D eigenvalue weighted by molar-refractivity contribution is 7.91. The number of pyridine rings is 1. The van der Waals surface area contributed by atoms with Gasteiger partial charge in [0.15, 0.2) is 15.5 Å². The van der Waals surface area contributed by atoms with Gasteiger partial charge in [0.1, 0.15) is 5.52 Å². The molecule has 1 aliphatic rings. The monoisotopic (exact) mass is 280 g/mol. The molecule has 2 N–H and O–H groups in total. The van der Waals surface area contributed by atoms with E-state index in [1.54, 1.807) is 10.8 Å². The predicted octanol–water partition coefficient (Wildman–Crippen LogP) is 1.07. The molecule has 1 unspecified atom stereocenters. The van der Waals surface area contributed by atoms with E-state index in [2.05, 4.69) is 9.97 Å². The Labute approximate surface area is 111 Å². The molecule has 0 spiro atoms. The third-order valence-corrected chi connectivity index (χ3v) is 5.30. The Morgan fingerprint density at radius 2 is 2.26 bits per heavy atom. The van der Waals surface area contributed by atoms with Gasteiger partial charge in [0.2, 0.25) is 5.95 Å². The number of nitrogens with two attached hydrogens (primary N) is 1. The van der Waals surface area contributed by atoms with E-state index in [1.807, 2.05) is 13.0 Å². The quantitative estimate of drug-likeness (QED) is 0.843. The normalized spacial score (nSPS) is 22.7. The number of aromatic nitrogens is 3. The summed E-state index contributed by atoms with van der Waals surface area (Å²) in [5.74, 6) is 0.732. The van der Waals surface area contributed by atoms with Crippen molar-refractivity contribution in [1.29, 1.82) is 0 Å². The van der Waals surface area contributed by atoms with Gasteiger partial charge in [-0.2, -0.15) is 0 Å². The summed E-state index contributed by atoms with van der Waals surface area (Å²) in [6.07, 6.45) is 3.21. The molecule has 19 heavy (non-hydrogen) atoms. The minimum Gasteiger partial charge on any atom is -0.369 e. The van der Waals surface area contributed by atoms with Gasteiger partial charge in [-0.15, -0.1) is 0 Å². The average Bonchev–Trinajstić information content (AvgIpc) is 2.62. The van der Waals surface area contributed by atoms with Gasteiger partial charge in [0, 0.05) is 6.20 Å². The van der Waals surface area contributed by atoms with Gasteiger partial charge >= 0.3 is 0 Å². The number of aryl methyl sites for hydroxylation is 1. The Balaban J connectivity index is 2.12. The lowest BCUT2D eigenvalue weighted by Gasteiger charge is -2.24. The van der Waals surface area contributed by atoms with Crippen LogP contribution in [0.3, 0.4) is 0 Å². The van der Waals surface area contributed by atoms with E-state index in [-0.39, 0.29) is 17.5 Å². The van der Waals surface area contributed by atoms with Gasteiger partial charge in [-0.3, -0.25) is 4.57 Å². The molecule has 0 radical (unpaired) electrons. The highest BCUT2D eigenvalue weighted by Gasteiger charge is 2.28. The van der Waals surface area contributed by atoms with Gasteiger partial charge in [-0.1, -0.05) is 0 Å². The van der Waals surface area contributed by atoms with Crippen LogP contribution in [0.1, 0.15) is 24.4 Å². The van der Waals surface area contributed by atoms with E-state index in [4.69, 9.17) is 5.73 Å². The molecule has 0 aromatic carbocycles. The zero-order valence-electron chi connectivity index (χ0n) is 10.7. The van der Waals surface area contributed by atoms with Crippen LogP contribution in [0.5, 0.6) is 0 Å². The maximum absolute atomic E-state index is 11.8. The van der Waals surface area contributed by atoms with Crippen LogP contribution in [0.2, 0.25) is 0 Å². The van der Waals surface area contributed by atoms with Crippen molar-refractivity contribution < 1.29 is 8.42 Å². The molecule has 0 amide bonds. The van der Waals surface area contributed by atoms with Crippen molar-refractivity contribution >= 4 is 26.9 Å². The first kappa shape index (κ1) is 12.4. The van der Waals surface area contributed by atoms with Crippen molar-refractivity contribution in [2.24, 2.45) is 0 Å². The standard InChI is InChI=1S/C12H16N4O2S/c1-8-5-10-11(14-6-8)16(12(13)15-10)9-3-2-4-19(17,18)7-9/h5-6,9H,2-4,7H2,1H3,(H2,13,15). The van der Waals surface area contributed by atoms with E-state index in [0.717, 1.165) is 17.5 Å². The molecule has 0 bridgehead atoms. The predicted molar refractivity (Wildman–Crippen MR) is 73.6 cm³/mol. The number of fused-ring (bicyclic) bond motifs is 1. The van der Waals surface area contributed by atoms with Crippen molar-refractivity contribution in [1.82, 2.24) is 14.5 Å². The minimum atomic E-state index is -2.98. The molecule has 2 aromatic rings. The number of hydrogen-bond donors (Lipinski definition) is 1. The van der Waals surface area contributed by atoms with Gasteiger partial charge in [0.05, 0.1) is 17.5 Å². The summed E-state index contributed by atoms with van der Waals surface area (Å²) >= 11 is 0. The second kappa shape index (κ2) is 4.19. The average molecular weight is 280 g/mol. The Kier molecular flexibility index (Phi) is 2.74. The number of hydrogen-bond acceptors (Lipinski definition) is 5. The summed E-state index contributed by atoms with van der Waals surface area (Å²) in [5.41, 5.74) is 8.34. The zero-order valence-corrected chi connectivity index (χ0v) is 11.5. The first-order valence-electron chi connectivity index (χ1n) is 6.27. The van der Waals surface area contributed by atoms with E-state index >= 15 is 0 Å². The van der Waals surface area contributed by atoms with Crippen molar-refractivity contribution in [3.63, 3.8) is 0 Å². The summed E-state index contributed by atoms with van der Waals surface area (Å²) in [4.78, 5) is 8.63. The van der Waals surface area contributed by atoms with Gasteiger partial charge in [-0.05, 0) is 31.4 Å². The number of sulfone groups is 1. The van der Waals surface area contributed by atoms with Crippen LogP contribution >= 0.6 is 0 Å². The minimum absolute atomic E-state index is 0.123. The van der Waals surface area contributed by atoms with Crippen molar-refractivity contribution in [3.05, 3.63) is 17.8 Å². The maximum atomic E-state index is 11.8. The molecule has 7 heteroatoms. The lowest BCUT2D eigenvalue weighted by molar-refractivity contribution is 0.481. The van der Waals surface area contributed by atoms with Gasteiger partial charge < -0.3 is 5.73 Å². The third-order valence-electron chi connectivity index (χ3n) is 3.50. The molecule has 1 atom stereocenters. The number of anilines is 1. The van der Waals surface area contributed by atoms with E-state index in [1.165, 1.54) is 0 Å². The molecule has 3 rings (SSSR count). The van der Waals surface area contributed by atoms with Crippen LogP contribution < -0.4 is 5.73 Å². The summed E-state index contributed by atoms with van der Waals surface area (Å²) in [7, 11) is -2.98. The van der Waals surface area contributed by atoms with E-state index in [9.17, 15) is 8.42 Å². The Morgan fingerprint density at radius 1 is 1.47 bits per heavy atom. The molecule has 102 valence electrons. The van der Waals surface area contributed by atoms with Crippen LogP contribution in [0.15, 0.2) is 12.3 Å².